The molecule has 1 aliphatic rings. The fourth-order valence-corrected chi connectivity index (χ4v) is 1.95. The molecule has 8 nitrogen and oxygen atoms in total. The maximum absolute atomic E-state index is 9.82. The van der Waals surface area contributed by atoms with E-state index in [0.717, 1.165) is 0 Å². The van der Waals surface area contributed by atoms with Gasteiger partial charge in [0.25, 0.3) is 0 Å². The first-order valence-corrected chi connectivity index (χ1v) is 6.46. The molecule has 114 valence electrons. The molecular formula is C12H20N2O6. The van der Waals surface area contributed by atoms with Gasteiger partial charge in [-0.1, -0.05) is 0 Å². The zero-order chi connectivity index (χ0) is 14.9. The lowest BCUT2D eigenvalue weighted by molar-refractivity contribution is -0.278. The first-order chi connectivity index (χ1) is 9.43. The van der Waals surface area contributed by atoms with Crippen LogP contribution in [-0.4, -0.2) is 67.5 Å². The Morgan fingerprint density at radius 3 is 2.55 bits per heavy atom. The summed E-state index contributed by atoms with van der Waals surface area (Å²) in [6, 6.07) is 1.75. The Balaban J connectivity index is 2.07. The summed E-state index contributed by atoms with van der Waals surface area (Å²) < 4.78 is 12.3. The molecule has 0 saturated carbocycles. The Labute approximate surface area is 116 Å². The van der Waals surface area contributed by atoms with Crippen molar-refractivity contribution < 1.29 is 29.9 Å². The number of nitrogens with zero attached hydrogens (tertiary/aromatic N) is 2. The summed E-state index contributed by atoms with van der Waals surface area (Å²) >= 11 is 0. The zero-order valence-electron chi connectivity index (χ0n) is 11.3. The van der Waals surface area contributed by atoms with E-state index in [1.165, 1.54) is 0 Å². The molecular weight excluding hydrogens is 268 g/mol. The van der Waals surface area contributed by atoms with Crippen molar-refractivity contribution in [3.05, 3.63) is 12.3 Å². The van der Waals surface area contributed by atoms with E-state index in [4.69, 9.17) is 14.6 Å². The Morgan fingerprint density at radius 1 is 1.30 bits per heavy atom. The summed E-state index contributed by atoms with van der Waals surface area (Å²) in [5, 5.41) is 42.3. The second-order valence-corrected chi connectivity index (χ2v) is 5.04. The van der Waals surface area contributed by atoms with Gasteiger partial charge in [0.15, 0.2) is 0 Å². The molecule has 4 N–H and O–H groups in total. The lowest BCUT2D eigenvalue weighted by Crippen LogP contribution is -2.60. The van der Waals surface area contributed by atoms with Crippen LogP contribution >= 0.6 is 0 Å². The Kier molecular flexibility index (Phi) is 4.61. The van der Waals surface area contributed by atoms with E-state index >= 15 is 0 Å². The molecule has 0 radical (unpaired) electrons. The van der Waals surface area contributed by atoms with Gasteiger partial charge in [0.1, 0.15) is 24.4 Å². The average Bonchev–Trinajstić information content (AvgIpc) is 2.88. The second kappa shape index (κ2) is 6.06. The van der Waals surface area contributed by atoms with Crippen LogP contribution in [0.3, 0.4) is 0 Å². The molecule has 0 amide bonds. The number of aliphatic hydroxyl groups excluding tert-OH is 4. The number of hydrogen-bond acceptors (Lipinski definition) is 7. The number of aliphatic hydroxyl groups is 4. The SMILES string of the molecule is CC(C)n1ccc(O[C@@H]2O[C@H](CO)[C@@H](O)[C@H](O)[C@H]2O)n1. The van der Waals surface area contributed by atoms with E-state index in [2.05, 4.69) is 5.10 Å². The molecule has 1 aliphatic heterocycles. The molecule has 0 aromatic carbocycles. The lowest BCUT2D eigenvalue weighted by atomic mass is 9.99. The van der Waals surface area contributed by atoms with Gasteiger partial charge in [0, 0.05) is 18.3 Å². The highest BCUT2D eigenvalue weighted by Crippen LogP contribution is 2.23. The number of aromatic nitrogens is 2. The standard InChI is InChI=1S/C12H20N2O6/c1-6(2)14-4-3-8(13-14)20-12-11(18)10(17)9(16)7(5-15)19-12/h3-4,6-7,9-12,15-18H,5H2,1-2H3/t7-,9-,10+,11-,12+/m1/s1. The van der Waals surface area contributed by atoms with Crippen LogP contribution in [0, 0.1) is 0 Å². The smallest absolute Gasteiger partial charge is 0.235 e. The summed E-state index contributed by atoms with van der Waals surface area (Å²) in [7, 11) is 0. The fourth-order valence-electron chi connectivity index (χ4n) is 1.95. The molecule has 0 aliphatic carbocycles. The summed E-state index contributed by atoms with van der Waals surface area (Å²) in [6.07, 6.45) is -4.78. The van der Waals surface area contributed by atoms with Crippen LogP contribution in [0.25, 0.3) is 0 Å². The van der Waals surface area contributed by atoms with E-state index in [9.17, 15) is 15.3 Å². The van der Waals surface area contributed by atoms with Gasteiger partial charge in [-0.15, -0.1) is 5.10 Å². The predicted octanol–water partition coefficient (Wildman–Crippen LogP) is -1.36. The molecule has 0 bridgehead atoms. The van der Waals surface area contributed by atoms with Crippen molar-refractivity contribution in [3.8, 4) is 5.88 Å². The molecule has 2 heterocycles. The van der Waals surface area contributed by atoms with Gasteiger partial charge in [-0.3, -0.25) is 4.68 Å². The molecule has 0 unspecified atom stereocenters. The van der Waals surface area contributed by atoms with Crippen molar-refractivity contribution in [1.82, 2.24) is 9.78 Å². The summed E-state index contributed by atoms with van der Waals surface area (Å²) in [5.41, 5.74) is 0. The first-order valence-electron chi connectivity index (χ1n) is 6.46. The quantitative estimate of drug-likeness (QED) is 0.540. The van der Waals surface area contributed by atoms with Gasteiger partial charge in [0.05, 0.1) is 6.61 Å². The third-order valence-corrected chi connectivity index (χ3v) is 3.20. The van der Waals surface area contributed by atoms with Crippen molar-refractivity contribution in [3.63, 3.8) is 0 Å². The average molecular weight is 288 g/mol. The van der Waals surface area contributed by atoms with E-state index in [-0.39, 0.29) is 11.9 Å². The zero-order valence-corrected chi connectivity index (χ0v) is 11.3. The minimum absolute atomic E-state index is 0.155. The van der Waals surface area contributed by atoms with Crippen molar-refractivity contribution in [2.45, 2.75) is 50.6 Å². The first kappa shape index (κ1) is 15.2. The van der Waals surface area contributed by atoms with Crippen LogP contribution in [0.5, 0.6) is 5.88 Å². The van der Waals surface area contributed by atoms with Gasteiger partial charge >= 0.3 is 0 Å². The lowest BCUT2D eigenvalue weighted by Gasteiger charge is -2.39. The van der Waals surface area contributed by atoms with Crippen LogP contribution in [0.1, 0.15) is 19.9 Å². The van der Waals surface area contributed by atoms with Crippen LogP contribution < -0.4 is 4.74 Å². The number of hydrogen-bond donors (Lipinski definition) is 4. The van der Waals surface area contributed by atoms with E-state index in [1.807, 2.05) is 13.8 Å². The summed E-state index contributed by atoms with van der Waals surface area (Å²) in [4.78, 5) is 0. The molecule has 1 fully saturated rings. The van der Waals surface area contributed by atoms with Gasteiger partial charge < -0.3 is 29.9 Å². The van der Waals surface area contributed by atoms with E-state index in [1.54, 1.807) is 16.9 Å². The Bertz CT molecular complexity index is 435. The highest BCUT2D eigenvalue weighted by molar-refractivity contribution is 5.07. The Morgan fingerprint density at radius 2 is 2.00 bits per heavy atom. The van der Waals surface area contributed by atoms with Crippen LogP contribution in [-0.2, 0) is 4.74 Å². The van der Waals surface area contributed by atoms with Gasteiger partial charge in [0.2, 0.25) is 12.2 Å². The van der Waals surface area contributed by atoms with Crippen LogP contribution in [0.2, 0.25) is 0 Å². The highest BCUT2D eigenvalue weighted by atomic mass is 16.7. The largest absolute Gasteiger partial charge is 0.444 e. The van der Waals surface area contributed by atoms with Crippen molar-refractivity contribution >= 4 is 0 Å². The van der Waals surface area contributed by atoms with Crippen molar-refractivity contribution in [1.29, 1.82) is 0 Å². The highest BCUT2D eigenvalue weighted by Gasteiger charge is 2.44. The normalized spacial score (nSPS) is 34.5. The topological polar surface area (TPSA) is 117 Å². The van der Waals surface area contributed by atoms with Gasteiger partial charge in [-0.05, 0) is 13.8 Å². The number of rotatable bonds is 4. The van der Waals surface area contributed by atoms with Crippen LogP contribution in [0.15, 0.2) is 12.3 Å². The van der Waals surface area contributed by atoms with E-state index in [0.29, 0.717) is 0 Å². The third kappa shape index (κ3) is 2.94. The molecule has 2 rings (SSSR count). The fraction of sp³-hybridized carbons (Fsp3) is 0.750. The molecule has 1 saturated heterocycles. The van der Waals surface area contributed by atoms with E-state index < -0.39 is 37.3 Å². The molecule has 5 atom stereocenters. The summed E-state index contributed by atoms with van der Waals surface area (Å²) in [5.74, 6) is 0.225. The van der Waals surface area contributed by atoms with Gasteiger partial charge in [-0.25, -0.2) is 0 Å². The molecule has 1 aromatic rings. The predicted molar refractivity (Wildman–Crippen MR) is 67.0 cm³/mol. The van der Waals surface area contributed by atoms with Crippen LogP contribution in [0.4, 0.5) is 0 Å². The maximum atomic E-state index is 9.82. The third-order valence-electron chi connectivity index (χ3n) is 3.20. The number of ether oxygens (including phenoxy) is 2. The van der Waals surface area contributed by atoms with Crippen molar-refractivity contribution in [2.75, 3.05) is 6.61 Å². The molecule has 0 spiro atoms. The minimum atomic E-state index is -1.46. The maximum Gasteiger partial charge on any atom is 0.235 e. The second-order valence-electron chi connectivity index (χ2n) is 5.04. The van der Waals surface area contributed by atoms with Gasteiger partial charge in [-0.2, -0.15) is 0 Å². The monoisotopic (exact) mass is 288 g/mol. The molecule has 8 heteroatoms. The molecule has 20 heavy (non-hydrogen) atoms. The summed E-state index contributed by atoms with van der Waals surface area (Å²) in [6.45, 7) is 3.40. The Hall–Kier alpha value is -1.19. The van der Waals surface area contributed by atoms with Crippen molar-refractivity contribution in [2.24, 2.45) is 0 Å². The minimum Gasteiger partial charge on any atom is -0.444 e. The molecule has 1 aromatic heterocycles.